The topological polar surface area (TPSA) is 175 Å². The number of hydrogen-bond donors (Lipinski definition) is 5. The number of amides is 1. The summed E-state index contributed by atoms with van der Waals surface area (Å²) in [7, 11) is 3.24. The Hall–Kier alpha value is -5.12. The number of hydrogen-bond acceptors (Lipinski definition) is 10. The zero-order valence-corrected chi connectivity index (χ0v) is 25.5. The lowest BCUT2D eigenvalue weighted by atomic mass is 10.1. The number of carbonyl (C=O) groups excluding carboxylic acids is 1. The van der Waals surface area contributed by atoms with Crippen LogP contribution in [-0.2, 0) is 9.59 Å². The van der Waals surface area contributed by atoms with E-state index in [0.29, 0.717) is 36.4 Å². The van der Waals surface area contributed by atoms with Crippen molar-refractivity contribution in [2.24, 2.45) is 5.92 Å². The van der Waals surface area contributed by atoms with E-state index in [0.717, 1.165) is 59.7 Å². The van der Waals surface area contributed by atoms with Gasteiger partial charge in [-0.25, -0.2) is 14.8 Å². The number of β-amino-alcohol motifs (C(OH)–C–C–N with tert-alkyl or cyclic N) is 1. The lowest BCUT2D eigenvalue weighted by Crippen LogP contribution is -2.51. The number of ether oxygens (including phenoxy) is 2. The van der Waals surface area contributed by atoms with Crippen LogP contribution in [0.2, 0.25) is 0 Å². The number of aliphatic hydroxyl groups is 1. The molecule has 2 aromatic heterocycles. The van der Waals surface area contributed by atoms with Crippen molar-refractivity contribution in [3.05, 3.63) is 54.4 Å². The normalized spacial score (nSPS) is 15.7. The third-order valence-electron chi connectivity index (χ3n) is 7.43. The summed E-state index contributed by atoms with van der Waals surface area (Å²) >= 11 is 0. The SMILES string of the molecule is COc1c(Nc2n[nH]c3ccccc23)nc(C2CC2)nc1N1CC(O)C1.COc1ccc(NC(=O)C2CC2)cc1.O=C(O)C(F)(F)F. The molecule has 0 atom stereocenters. The van der Waals surface area contributed by atoms with Crippen molar-refractivity contribution in [2.75, 3.05) is 42.8 Å². The number of carboxylic acids is 1. The van der Waals surface area contributed by atoms with Gasteiger partial charge in [-0.15, -0.1) is 0 Å². The standard InChI is InChI=1S/C18H20N6O2.C11H13NO2.C2HF3O2/c1-26-14-17(20-16-12-4-2-3-5-13(12)22-23-16)19-15(10-6-7-10)21-18(14)24-8-11(25)9-24;1-14-10-6-4-9(5-7-10)12-11(13)8-2-3-8;3-2(4,5)1(6)7/h2-5,10-11,25H,6-9H2,1H3,(H2,19,20,21,22,23);4-8H,2-3H2,1H3,(H,12,13);(H,6,7). The molecule has 13 nitrogen and oxygen atoms in total. The highest BCUT2D eigenvalue weighted by atomic mass is 19.4. The quantitative estimate of drug-likeness (QED) is 0.175. The molecular formula is C31H34F3N7O6. The van der Waals surface area contributed by atoms with E-state index in [2.05, 4.69) is 20.8 Å². The zero-order valence-electron chi connectivity index (χ0n) is 25.5. The molecule has 250 valence electrons. The number of aliphatic carboxylic acids is 1. The van der Waals surface area contributed by atoms with Crippen molar-refractivity contribution in [2.45, 2.75) is 43.9 Å². The van der Waals surface area contributed by atoms with Crippen molar-refractivity contribution in [1.82, 2.24) is 20.2 Å². The number of aromatic nitrogens is 4. The maximum atomic E-state index is 11.4. The number of carbonyl (C=O) groups is 2. The smallest absolute Gasteiger partial charge is 0.490 e. The first-order valence-electron chi connectivity index (χ1n) is 14.8. The molecule has 7 rings (SSSR count). The predicted octanol–water partition coefficient (Wildman–Crippen LogP) is 4.84. The monoisotopic (exact) mass is 657 g/mol. The molecule has 0 spiro atoms. The molecule has 1 saturated heterocycles. The summed E-state index contributed by atoms with van der Waals surface area (Å²) in [6.45, 7) is 1.12. The van der Waals surface area contributed by atoms with E-state index in [9.17, 15) is 23.1 Å². The number of nitrogens with one attached hydrogen (secondary N) is 3. The van der Waals surface area contributed by atoms with Crippen LogP contribution in [0.4, 0.5) is 36.3 Å². The summed E-state index contributed by atoms with van der Waals surface area (Å²) in [5.41, 5.74) is 1.79. The minimum Gasteiger partial charge on any atom is -0.497 e. The number of aromatic amines is 1. The second kappa shape index (κ2) is 14.1. The van der Waals surface area contributed by atoms with Crippen LogP contribution in [-0.4, -0.2) is 81.8 Å². The Morgan fingerprint density at radius 3 is 2.17 bits per heavy atom. The fourth-order valence-corrected chi connectivity index (χ4v) is 4.53. The van der Waals surface area contributed by atoms with Gasteiger partial charge < -0.3 is 35.2 Å². The van der Waals surface area contributed by atoms with Gasteiger partial charge in [-0.3, -0.25) is 9.89 Å². The van der Waals surface area contributed by atoms with Crippen LogP contribution >= 0.6 is 0 Å². The van der Waals surface area contributed by atoms with Crippen LogP contribution in [0.1, 0.15) is 37.4 Å². The number of H-pyrrole nitrogens is 1. The second-order valence-electron chi connectivity index (χ2n) is 11.2. The van der Waals surface area contributed by atoms with E-state index >= 15 is 0 Å². The van der Waals surface area contributed by atoms with Gasteiger partial charge in [-0.1, -0.05) is 12.1 Å². The Morgan fingerprint density at radius 1 is 0.957 bits per heavy atom. The molecule has 0 unspecified atom stereocenters. The third kappa shape index (κ3) is 8.58. The number of anilines is 4. The van der Waals surface area contributed by atoms with Gasteiger partial charge in [0.15, 0.2) is 17.5 Å². The highest BCUT2D eigenvalue weighted by Gasteiger charge is 2.38. The molecule has 2 aliphatic carbocycles. The molecule has 16 heteroatoms. The molecule has 0 bridgehead atoms. The van der Waals surface area contributed by atoms with Crippen molar-refractivity contribution in [3.8, 4) is 11.5 Å². The first-order chi connectivity index (χ1) is 22.5. The molecule has 3 heterocycles. The average Bonchev–Trinajstić information content (AvgIpc) is 3.97. The van der Waals surface area contributed by atoms with Crippen LogP contribution in [0.3, 0.4) is 0 Å². The molecule has 2 saturated carbocycles. The molecule has 1 aliphatic heterocycles. The molecule has 2 aromatic carbocycles. The van der Waals surface area contributed by atoms with Crippen LogP contribution < -0.4 is 25.0 Å². The van der Waals surface area contributed by atoms with E-state index < -0.39 is 12.1 Å². The molecule has 1 amide bonds. The Labute approximate surface area is 267 Å². The number of methoxy groups -OCH3 is 2. The predicted molar refractivity (Wildman–Crippen MR) is 166 cm³/mol. The number of fused-ring (bicyclic) bond motifs is 1. The van der Waals surface area contributed by atoms with Crippen LogP contribution in [0.5, 0.6) is 11.5 Å². The van der Waals surface area contributed by atoms with Crippen molar-refractivity contribution in [1.29, 1.82) is 0 Å². The van der Waals surface area contributed by atoms with E-state index in [1.165, 1.54) is 0 Å². The number of rotatable bonds is 8. The third-order valence-corrected chi connectivity index (χ3v) is 7.43. The van der Waals surface area contributed by atoms with E-state index in [-0.39, 0.29) is 17.9 Å². The second-order valence-corrected chi connectivity index (χ2v) is 11.2. The van der Waals surface area contributed by atoms with Gasteiger partial charge in [0.1, 0.15) is 11.6 Å². The average molecular weight is 658 g/mol. The van der Waals surface area contributed by atoms with E-state index in [1.807, 2.05) is 53.4 Å². The van der Waals surface area contributed by atoms with Gasteiger partial charge in [0.2, 0.25) is 11.7 Å². The largest absolute Gasteiger partial charge is 0.497 e. The minimum absolute atomic E-state index is 0.134. The number of aliphatic hydroxyl groups excluding tert-OH is 1. The van der Waals surface area contributed by atoms with Gasteiger partial charge in [0.05, 0.1) is 25.8 Å². The maximum Gasteiger partial charge on any atom is 0.490 e. The van der Waals surface area contributed by atoms with Crippen LogP contribution in [0.25, 0.3) is 10.9 Å². The summed E-state index contributed by atoms with van der Waals surface area (Å²) in [5.74, 6) is 2.28. The van der Waals surface area contributed by atoms with E-state index in [1.54, 1.807) is 14.2 Å². The van der Waals surface area contributed by atoms with Crippen LogP contribution in [0, 0.1) is 5.92 Å². The summed E-state index contributed by atoms with van der Waals surface area (Å²) in [6.07, 6.45) is -1.12. The molecule has 3 aliphatic rings. The van der Waals surface area contributed by atoms with Crippen LogP contribution in [0.15, 0.2) is 48.5 Å². The number of benzene rings is 2. The van der Waals surface area contributed by atoms with E-state index in [4.69, 9.17) is 29.3 Å². The first-order valence-corrected chi connectivity index (χ1v) is 14.8. The Bertz CT molecular complexity index is 1700. The number of nitrogens with zero attached hydrogens (tertiary/aromatic N) is 4. The van der Waals surface area contributed by atoms with Gasteiger partial charge in [-0.05, 0) is 62.1 Å². The zero-order chi connectivity index (χ0) is 33.7. The summed E-state index contributed by atoms with van der Waals surface area (Å²) in [4.78, 5) is 31.7. The highest BCUT2D eigenvalue weighted by molar-refractivity contribution is 5.94. The fourth-order valence-electron chi connectivity index (χ4n) is 4.53. The summed E-state index contributed by atoms with van der Waals surface area (Å²) in [5, 5.41) is 31.4. The first kappa shape index (κ1) is 33.2. The molecule has 4 aromatic rings. The van der Waals surface area contributed by atoms with Crippen molar-refractivity contribution < 1.29 is 42.4 Å². The molecule has 3 fully saturated rings. The summed E-state index contributed by atoms with van der Waals surface area (Å²) in [6, 6.07) is 15.3. The number of halogens is 3. The Kier molecular flexibility index (Phi) is 9.98. The molecule has 5 N–H and O–H groups in total. The summed E-state index contributed by atoms with van der Waals surface area (Å²) < 4.78 is 42.4. The lowest BCUT2D eigenvalue weighted by Gasteiger charge is -2.37. The van der Waals surface area contributed by atoms with Gasteiger partial charge in [0.25, 0.3) is 0 Å². The van der Waals surface area contributed by atoms with Gasteiger partial charge in [-0.2, -0.15) is 18.3 Å². The number of para-hydroxylation sites is 1. The Balaban J connectivity index is 0.000000173. The van der Waals surface area contributed by atoms with Crippen molar-refractivity contribution in [3.63, 3.8) is 0 Å². The van der Waals surface area contributed by atoms with Gasteiger partial charge >= 0.3 is 12.1 Å². The minimum atomic E-state index is -5.08. The Morgan fingerprint density at radius 2 is 1.62 bits per heavy atom. The molecule has 0 radical (unpaired) electrons. The highest BCUT2D eigenvalue weighted by Crippen LogP contribution is 2.43. The molecule has 47 heavy (non-hydrogen) atoms. The van der Waals surface area contributed by atoms with Gasteiger partial charge in [0, 0.05) is 36.0 Å². The van der Waals surface area contributed by atoms with Crippen molar-refractivity contribution >= 4 is 45.9 Å². The number of carboxylic acid groups (broad SMARTS) is 1. The fraction of sp³-hybridized carbons (Fsp3) is 0.387. The molecular weight excluding hydrogens is 623 g/mol. The maximum absolute atomic E-state index is 11.4. The number of alkyl halides is 3. The lowest BCUT2D eigenvalue weighted by molar-refractivity contribution is -0.192.